The molecule has 1 amide bonds. The van der Waals surface area contributed by atoms with Crippen LogP contribution in [-0.4, -0.2) is 20.5 Å². The highest BCUT2D eigenvalue weighted by atomic mass is 32.2. The number of anilines is 1. The Balaban J connectivity index is 1.98. The van der Waals surface area contributed by atoms with Gasteiger partial charge in [-0.05, 0) is 54.5 Å². The van der Waals surface area contributed by atoms with Gasteiger partial charge >= 0.3 is 0 Å². The Labute approximate surface area is 127 Å². The van der Waals surface area contributed by atoms with Crippen LogP contribution in [0.25, 0.3) is 0 Å². The lowest BCUT2D eigenvalue weighted by molar-refractivity contribution is -0.123. The summed E-state index contributed by atoms with van der Waals surface area (Å²) in [6.45, 7) is 5.95. The van der Waals surface area contributed by atoms with Crippen molar-refractivity contribution in [2.24, 2.45) is 11.8 Å². The molecule has 3 unspecified atom stereocenters. The summed E-state index contributed by atoms with van der Waals surface area (Å²) in [5.41, 5.74) is 2.76. The summed E-state index contributed by atoms with van der Waals surface area (Å²) in [5, 5.41) is 5.88. The molecule has 4 atom stereocenters. The maximum absolute atomic E-state index is 11.9. The van der Waals surface area contributed by atoms with Gasteiger partial charge in [0.1, 0.15) is 0 Å². The normalized spacial score (nSPS) is 23.2. The first-order valence-electron chi connectivity index (χ1n) is 7.09. The Kier molecular flexibility index (Phi) is 5.00. The molecule has 1 aliphatic carbocycles. The minimum Gasteiger partial charge on any atom is -0.771 e. The predicted octanol–water partition coefficient (Wildman–Crippen LogP) is 2.08. The first-order valence-corrected chi connectivity index (χ1v) is 8.33. The number of aryl methyl sites for hydroxylation is 1. The third-order valence-electron chi connectivity index (χ3n) is 3.94. The fourth-order valence-electron chi connectivity index (χ4n) is 2.38. The van der Waals surface area contributed by atoms with Crippen LogP contribution in [0.4, 0.5) is 5.69 Å². The molecule has 0 heterocycles. The van der Waals surface area contributed by atoms with E-state index < -0.39 is 11.1 Å². The molecular weight excluding hydrogens is 288 g/mol. The monoisotopic (exact) mass is 309 g/mol. The summed E-state index contributed by atoms with van der Waals surface area (Å²) < 4.78 is 21.1. The van der Waals surface area contributed by atoms with Gasteiger partial charge < -0.3 is 15.2 Å². The van der Waals surface area contributed by atoms with Gasteiger partial charge in [-0.1, -0.05) is 19.1 Å². The molecule has 0 bridgehead atoms. The van der Waals surface area contributed by atoms with E-state index in [1.54, 1.807) is 0 Å². The van der Waals surface area contributed by atoms with E-state index >= 15 is 0 Å². The average Bonchev–Trinajstić information content (AvgIpc) is 3.14. The van der Waals surface area contributed by atoms with Crippen molar-refractivity contribution >= 4 is 22.7 Å². The van der Waals surface area contributed by atoms with Crippen molar-refractivity contribution in [1.29, 1.82) is 0 Å². The molecule has 0 spiro atoms. The number of carbonyl (C=O) groups is 1. The summed E-state index contributed by atoms with van der Waals surface area (Å²) in [6.07, 6.45) is 0.979. The summed E-state index contributed by atoms with van der Waals surface area (Å²) in [4.78, 5) is 11.9. The predicted molar refractivity (Wildman–Crippen MR) is 82.4 cm³/mol. The standard InChI is InChI=1S/C15H22N2O3S/c1-9-7-13(9)15(18)17-11(3)12-4-5-14(10(2)6-12)16-8-21(19)20/h4-6,9,11,13,16H,7-8H2,1-3H3,(H,17,18)(H,19,20)/p-1/t9?,11-,13?/m1/s1. The maximum atomic E-state index is 11.9. The van der Waals surface area contributed by atoms with E-state index in [1.165, 1.54) is 0 Å². The zero-order valence-corrected chi connectivity index (χ0v) is 13.3. The second-order valence-corrected chi connectivity index (χ2v) is 6.65. The SMILES string of the molecule is Cc1cc([C@@H](C)NC(=O)C2CC2C)ccc1NCS(=O)[O-]. The molecule has 0 saturated heterocycles. The Hall–Kier alpha value is -1.40. The van der Waals surface area contributed by atoms with Crippen LogP contribution in [0.5, 0.6) is 0 Å². The van der Waals surface area contributed by atoms with Gasteiger partial charge in [0.05, 0.1) is 11.9 Å². The molecule has 6 heteroatoms. The van der Waals surface area contributed by atoms with Crippen molar-refractivity contribution in [3.8, 4) is 0 Å². The molecule has 21 heavy (non-hydrogen) atoms. The first-order chi connectivity index (χ1) is 9.88. The van der Waals surface area contributed by atoms with Gasteiger partial charge in [-0.2, -0.15) is 0 Å². The van der Waals surface area contributed by atoms with E-state index in [0.717, 1.165) is 23.2 Å². The lowest BCUT2D eigenvalue weighted by atomic mass is 10.0. The van der Waals surface area contributed by atoms with Crippen molar-refractivity contribution in [1.82, 2.24) is 5.32 Å². The number of carbonyl (C=O) groups excluding carboxylic acids is 1. The summed E-state index contributed by atoms with van der Waals surface area (Å²) in [5.74, 6) is 0.683. The van der Waals surface area contributed by atoms with Crippen LogP contribution >= 0.6 is 0 Å². The Morgan fingerprint density at radius 3 is 2.71 bits per heavy atom. The number of benzene rings is 1. The zero-order chi connectivity index (χ0) is 15.6. The third-order valence-corrected chi connectivity index (χ3v) is 4.32. The summed E-state index contributed by atoms with van der Waals surface area (Å²) >= 11 is -2.12. The second-order valence-electron chi connectivity index (χ2n) is 5.75. The molecule has 0 aliphatic heterocycles. The summed E-state index contributed by atoms with van der Waals surface area (Å²) in [7, 11) is 0. The molecule has 2 N–H and O–H groups in total. The molecule has 1 fully saturated rings. The summed E-state index contributed by atoms with van der Waals surface area (Å²) in [6, 6.07) is 5.67. The molecule has 116 valence electrons. The topological polar surface area (TPSA) is 81.3 Å². The smallest absolute Gasteiger partial charge is 0.223 e. The van der Waals surface area contributed by atoms with Gasteiger partial charge in [-0.15, -0.1) is 0 Å². The Bertz CT molecular complexity index is 562. The van der Waals surface area contributed by atoms with Gasteiger partial charge in [-0.3, -0.25) is 9.00 Å². The van der Waals surface area contributed by atoms with Crippen molar-refractivity contribution < 1.29 is 13.6 Å². The van der Waals surface area contributed by atoms with E-state index in [0.29, 0.717) is 5.92 Å². The van der Waals surface area contributed by atoms with Gasteiger partial charge in [-0.25, -0.2) is 0 Å². The number of hydrogen-bond acceptors (Lipinski definition) is 4. The quantitative estimate of drug-likeness (QED) is 0.788. The molecule has 0 radical (unpaired) electrons. The van der Waals surface area contributed by atoms with Crippen molar-refractivity contribution in [2.45, 2.75) is 33.2 Å². The Morgan fingerprint density at radius 2 is 2.19 bits per heavy atom. The van der Waals surface area contributed by atoms with Gasteiger partial charge in [0.15, 0.2) is 0 Å². The molecule has 1 saturated carbocycles. The largest absolute Gasteiger partial charge is 0.771 e. The van der Waals surface area contributed by atoms with Gasteiger partial charge in [0, 0.05) is 11.6 Å². The van der Waals surface area contributed by atoms with Gasteiger partial charge in [0.25, 0.3) is 0 Å². The highest BCUT2D eigenvalue weighted by Crippen LogP contribution is 2.38. The van der Waals surface area contributed by atoms with E-state index in [1.807, 2.05) is 32.0 Å². The minimum absolute atomic E-state index is 0.0494. The van der Waals surface area contributed by atoms with Crippen LogP contribution in [0.15, 0.2) is 18.2 Å². The molecule has 0 aromatic heterocycles. The molecular formula is C15H21N2O3S-. The Morgan fingerprint density at radius 1 is 1.52 bits per heavy atom. The fourth-order valence-corrected chi connectivity index (χ4v) is 2.66. The number of rotatable bonds is 6. The maximum Gasteiger partial charge on any atom is 0.223 e. The lowest BCUT2D eigenvalue weighted by Crippen LogP contribution is -2.28. The second kappa shape index (κ2) is 6.58. The van der Waals surface area contributed by atoms with Crippen LogP contribution in [0.1, 0.15) is 37.4 Å². The third kappa shape index (κ3) is 4.28. The van der Waals surface area contributed by atoms with Crippen molar-refractivity contribution in [2.75, 3.05) is 11.2 Å². The fraction of sp³-hybridized carbons (Fsp3) is 0.533. The molecule has 1 aromatic carbocycles. The first kappa shape index (κ1) is 16.0. The van der Waals surface area contributed by atoms with Gasteiger partial charge in [0.2, 0.25) is 5.91 Å². The van der Waals surface area contributed by atoms with Crippen LogP contribution < -0.4 is 10.6 Å². The number of hydrogen-bond donors (Lipinski definition) is 2. The van der Waals surface area contributed by atoms with Crippen LogP contribution in [0.2, 0.25) is 0 Å². The minimum atomic E-state index is -2.12. The van der Waals surface area contributed by atoms with Crippen LogP contribution in [0, 0.1) is 18.8 Å². The molecule has 1 aliphatic rings. The molecule has 1 aromatic rings. The number of nitrogens with one attached hydrogen (secondary N) is 2. The molecule has 2 rings (SSSR count). The molecule has 5 nitrogen and oxygen atoms in total. The van der Waals surface area contributed by atoms with E-state index in [9.17, 15) is 13.6 Å². The van der Waals surface area contributed by atoms with E-state index in [4.69, 9.17) is 0 Å². The van der Waals surface area contributed by atoms with Crippen LogP contribution in [-0.2, 0) is 15.9 Å². The van der Waals surface area contributed by atoms with E-state index in [-0.39, 0.29) is 23.7 Å². The number of amides is 1. The van der Waals surface area contributed by atoms with Crippen molar-refractivity contribution in [3.63, 3.8) is 0 Å². The lowest BCUT2D eigenvalue weighted by Gasteiger charge is -2.17. The van der Waals surface area contributed by atoms with E-state index in [2.05, 4.69) is 17.6 Å². The highest BCUT2D eigenvalue weighted by Gasteiger charge is 2.39. The van der Waals surface area contributed by atoms with Crippen molar-refractivity contribution in [3.05, 3.63) is 29.3 Å². The van der Waals surface area contributed by atoms with Crippen LogP contribution in [0.3, 0.4) is 0 Å². The average molecular weight is 309 g/mol. The zero-order valence-electron chi connectivity index (χ0n) is 12.5. The highest BCUT2D eigenvalue weighted by molar-refractivity contribution is 7.79.